The van der Waals surface area contributed by atoms with Gasteiger partial charge in [0.25, 0.3) is 0 Å². The summed E-state index contributed by atoms with van der Waals surface area (Å²) in [5, 5.41) is 11.4. The summed E-state index contributed by atoms with van der Waals surface area (Å²) in [6, 6.07) is 3.80. The SMILES string of the molecule is CC1(NC(=O)O)CCN(c2cccnc2N)CC1. The van der Waals surface area contributed by atoms with Crippen LogP contribution in [0.5, 0.6) is 0 Å². The topological polar surface area (TPSA) is 91.5 Å². The lowest BCUT2D eigenvalue weighted by Gasteiger charge is -2.40. The number of nitrogens with one attached hydrogen (secondary N) is 1. The van der Waals surface area contributed by atoms with Gasteiger partial charge in [0.15, 0.2) is 0 Å². The minimum Gasteiger partial charge on any atom is -0.465 e. The van der Waals surface area contributed by atoms with Crippen molar-refractivity contribution in [1.82, 2.24) is 10.3 Å². The molecule has 1 aromatic heterocycles. The number of pyridine rings is 1. The molecule has 1 aliphatic rings. The maximum absolute atomic E-state index is 10.7. The van der Waals surface area contributed by atoms with Crippen molar-refractivity contribution in [2.75, 3.05) is 23.7 Å². The van der Waals surface area contributed by atoms with E-state index in [0.717, 1.165) is 31.6 Å². The highest BCUT2D eigenvalue weighted by Gasteiger charge is 2.32. The Labute approximate surface area is 106 Å². The van der Waals surface area contributed by atoms with Gasteiger partial charge < -0.3 is 21.1 Å². The zero-order chi connectivity index (χ0) is 13.2. The van der Waals surface area contributed by atoms with Crippen LogP contribution in [0.15, 0.2) is 18.3 Å². The number of aromatic nitrogens is 1. The van der Waals surface area contributed by atoms with Crippen molar-refractivity contribution in [3.05, 3.63) is 18.3 Å². The fourth-order valence-electron chi connectivity index (χ4n) is 2.30. The summed E-state index contributed by atoms with van der Waals surface area (Å²) >= 11 is 0. The first-order valence-corrected chi connectivity index (χ1v) is 5.97. The molecule has 0 atom stereocenters. The minimum absolute atomic E-state index is 0.348. The summed E-state index contributed by atoms with van der Waals surface area (Å²) in [6.45, 7) is 3.48. The molecular weight excluding hydrogens is 232 g/mol. The monoisotopic (exact) mass is 250 g/mol. The smallest absolute Gasteiger partial charge is 0.405 e. The molecule has 2 heterocycles. The number of rotatable bonds is 2. The van der Waals surface area contributed by atoms with Crippen LogP contribution in [-0.4, -0.2) is 34.8 Å². The van der Waals surface area contributed by atoms with Gasteiger partial charge in [-0.15, -0.1) is 0 Å². The predicted molar refractivity (Wildman–Crippen MR) is 69.7 cm³/mol. The molecule has 1 saturated heterocycles. The molecule has 2 rings (SSSR count). The Morgan fingerprint density at radius 3 is 2.78 bits per heavy atom. The fourth-order valence-corrected chi connectivity index (χ4v) is 2.30. The Hall–Kier alpha value is -1.98. The largest absolute Gasteiger partial charge is 0.465 e. The van der Waals surface area contributed by atoms with E-state index in [9.17, 15) is 4.79 Å². The van der Waals surface area contributed by atoms with Crippen molar-refractivity contribution in [2.24, 2.45) is 0 Å². The van der Waals surface area contributed by atoms with E-state index in [4.69, 9.17) is 10.8 Å². The second-order valence-electron chi connectivity index (χ2n) is 4.89. The Balaban J connectivity index is 2.03. The molecule has 98 valence electrons. The lowest BCUT2D eigenvalue weighted by Crippen LogP contribution is -2.53. The highest BCUT2D eigenvalue weighted by atomic mass is 16.4. The molecule has 4 N–H and O–H groups in total. The van der Waals surface area contributed by atoms with Crippen LogP contribution in [0.3, 0.4) is 0 Å². The minimum atomic E-state index is -0.966. The van der Waals surface area contributed by atoms with E-state index >= 15 is 0 Å². The van der Waals surface area contributed by atoms with Gasteiger partial charge in [-0.05, 0) is 31.9 Å². The van der Waals surface area contributed by atoms with Crippen LogP contribution in [0.25, 0.3) is 0 Å². The summed E-state index contributed by atoms with van der Waals surface area (Å²) < 4.78 is 0. The number of anilines is 2. The van der Waals surface area contributed by atoms with E-state index < -0.39 is 6.09 Å². The highest BCUT2D eigenvalue weighted by molar-refractivity contribution is 5.66. The quantitative estimate of drug-likeness (QED) is 0.735. The molecule has 0 aliphatic carbocycles. The Morgan fingerprint density at radius 2 is 2.22 bits per heavy atom. The van der Waals surface area contributed by atoms with Crippen molar-refractivity contribution < 1.29 is 9.90 Å². The van der Waals surface area contributed by atoms with E-state index in [2.05, 4.69) is 15.2 Å². The molecule has 0 radical (unpaired) electrons. The van der Waals surface area contributed by atoms with Crippen LogP contribution in [0.4, 0.5) is 16.3 Å². The van der Waals surface area contributed by atoms with Gasteiger partial charge in [0.2, 0.25) is 0 Å². The van der Waals surface area contributed by atoms with E-state index in [1.54, 1.807) is 6.20 Å². The lowest BCUT2D eigenvalue weighted by molar-refractivity contribution is 0.173. The van der Waals surface area contributed by atoms with Gasteiger partial charge in [-0.25, -0.2) is 9.78 Å². The Kier molecular flexibility index (Phi) is 3.27. The summed E-state index contributed by atoms with van der Waals surface area (Å²) in [4.78, 5) is 16.9. The van der Waals surface area contributed by atoms with E-state index in [-0.39, 0.29) is 5.54 Å². The van der Waals surface area contributed by atoms with Crippen molar-refractivity contribution in [1.29, 1.82) is 0 Å². The molecule has 1 aliphatic heterocycles. The number of carboxylic acid groups (broad SMARTS) is 1. The maximum Gasteiger partial charge on any atom is 0.405 e. The van der Waals surface area contributed by atoms with Crippen LogP contribution >= 0.6 is 0 Å². The maximum atomic E-state index is 10.7. The third-order valence-electron chi connectivity index (χ3n) is 3.43. The van der Waals surface area contributed by atoms with Gasteiger partial charge in [-0.2, -0.15) is 0 Å². The number of hydrogen-bond donors (Lipinski definition) is 3. The number of carbonyl (C=O) groups is 1. The van der Waals surface area contributed by atoms with E-state index in [1.807, 2.05) is 19.1 Å². The molecule has 6 nitrogen and oxygen atoms in total. The van der Waals surface area contributed by atoms with Crippen LogP contribution < -0.4 is 16.0 Å². The lowest BCUT2D eigenvalue weighted by atomic mass is 9.89. The number of hydrogen-bond acceptors (Lipinski definition) is 4. The van der Waals surface area contributed by atoms with Crippen LogP contribution in [0.2, 0.25) is 0 Å². The molecule has 0 unspecified atom stereocenters. The third kappa shape index (κ3) is 2.64. The second kappa shape index (κ2) is 4.72. The Bertz CT molecular complexity index is 441. The fraction of sp³-hybridized carbons (Fsp3) is 0.500. The van der Waals surface area contributed by atoms with Gasteiger partial charge in [-0.3, -0.25) is 0 Å². The second-order valence-corrected chi connectivity index (χ2v) is 4.89. The molecule has 1 fully saturated rings. The molecular formula is C12H18N4O2. The number of piperidine rings is 1. The zero-order valence-electron chi connectivity index (χ0n) is 10.4. The summed E-state index contributed by atoms with van der Waals surface area (Å²) in [5.74, 6) is 0.521. The predicted octanol–water partition coefficient (Wildman–Crippen LogP) is 1.29. The first-order chi connectivity index (χ1) is 8.50. The number of amides is 1. The molecule has 0 spiro atoms. The van der Waals surface area contributed by atoms with Gasteiger partial charge >= 0.3 is 6.09 Å². The van der Waals surface area contributed by atoms with E-state index in [0.29, 0.717) is 5.82 Å². The van der Waals surface area contributed by atoms with Gasteiger partial charge in [-0.1, -0.05) is 0 Å². The third-order valence-corrected chi connectivity index (χ3v) is 3.43. The van der Waals surface area contributed by atoms with Gasteiger partial charge in [0.1, 0.15) is 5.82 Å². The van der Waals surface area contributed by atoms with Crippen molar-refractivity contribution >= 4 is 17.6 Å². The van der Waals surface area contributed by atoms with Crippen molar-refractivity contribution in [3.8, 4) is 0 Å². The van der Waals surface area contributed by atoms with Crippen molar-refractivity contribution in [2.45, 2.75) is 25.3 Å². The van der Waals surface area contributed by atoms with E-state index in [1.165, 1.54) is 0 Å². The molecule has 0 bridgehead atoms. The van der Waals surface area contributed by atoms with Crippen LogP contribution in [-0.2, 0) is 0 Å². The first-order valence-electron chi connectivity index (χ1n) is 5.97. The van der Waals surface area contributed by atoms with Crippen LogP contribution in [0, 0.1) is 0 Å². The average molecular weight is 250 g/mol. The summed E-state index contributed by atoms with van der Waals surface area (Å²) in [7, 11) is 0. The van der Waals surface area contributed by atoms with Crippen LogP contribution in [0.1, 0.15) is 19.8 Å². The van der Waals surface area contributed by atoms with Crippen molar-refractivity contribution in [3.63, 3.8) is 0 Å². The Morgan fingerprint density at radius 1 is 1.56 bits per heavy atom. The normalized spacial score (nSPS) is 18.4. The molecule has 1 amide bonds. The summed E-state index contributed by atoms with van der Waals surface area (Å²) in [6.07, 6.45) is 2.21. The number of nitrogen functional groups attached to an aromatic ring is 1. The first kappa shape index (κ1) is 12.5. The molecule has 1 aromatic rings. The zero-order valence-corrected chi connectivity index (χ0v) is 10.4. The number of nitrogens with zero attached hydrogens (tertiary/aromatic N) is 2. The van der Waals surface area contributed by atoms with Gasteiger partial charge in [0, 0.05) is 24.8 Å². The summed E-state index contributed by atoms with van der Waals surface area (Å²) in [5.41, 5.74) is 6.42. The molecule has 6 heteroatoms. The molecule has 0 saturated carbocycles. The standard InChI is InChI=1S/C12H18N4O2/c1-12(15-11(17)18)4-7-16(8-5-12)9-3-2-6-14-10(9)13/h2-3,6,15H,4-5,7-8H2,1H3,(H2,13,14)(H,17,18). The average Bonchev–Trinajstić information content (AvgIpc) is 2.30. The molecule has 18 heavy (non-hydrogen) atoms. The number of nitrogens with two attached hydrogens (primary N) is 1. The highest BCUT2D eigenvalue weighted by Crippen LogP contribution is 2.28. The molecule has 0 aromatic carbocycles. The van der Waals surface area contributed by atoms with Gasteiger partial charge in [0.05, 0.1) is 5.69 Å².